The maximum Gasteiger partial charge on any atom is 0.0347 e. The highest BCUT2D eigenvalue weighted by Crippen LogP contribution is 2.43. The summed E-state index contributed by atoms with van der Waals surface area (Å²) in [5, 5.41) is 0. The van der Waals surface area contributed by atoms with Gasteiger partial charge in [0.2, 0.25) is 0 Å². The zero-order valence-corrected chi connectivity index (χ0v) is 15.4. The smallest absolute Gasteiger partial charge is 0.0347 e. The number of likely N-dealkylation sites (N-methyl/N-ethyl adjacent to an activating group) is 1. The second-order valence-corrected chi connectivity index (χ2v) is 8.82. The van der Waals surface area contributed by atoms with Crippen LogP contribution >= 0.6 is 0 Å². The first-order chi connectivity index (χ1) is 9.81. The largest absolute Gasteiger partial charge is 0.301 e. The van der Waals surface area contributed by atoms with Gasteiger partial charge in [0, 0.05) is 25.2 Å². The third-order valence-electron chi connectivity index (χ3n) is 6.49. The van der Waals surface area contributed by atoms with E-state index in [9.17, 15) is 0 Å². The normalized spacial score (nSPS) is 32.1. The van der Waals surface area contributed by atoms with Gasteiger partial charge >= 0.3 is 0 Å². The third kappa shape index (κ3) is 4.45. The molecule has 124 valence electrons. The molecule has 0 N–H and O–H groups in total. The summed E-state index contributed by atoms with van der Waals surface area (Å²) >= 11 is 0. The molecule has 2 heteroatoms. The van der Waals surface area contributed by atoms with Crippen molar-refractivity contribution in [2.24, 2.45) is 17.3 Å². The van der Waals surface area contributed by atoms with Crippen LogP contribution in [0.25, 0.3) is 0 Å². The Hall–Kier alpha value is -0.0800. The van der Waals surface area contributed by atoms with Crippen molar-refractivity contribution in [2.45, 2.75) is 78.8 Å². The fraction of sp³-hybridized carbons (Fsp3) is 1.00. The molecule has 1 heterocycles. The van der Waals surface area contributed by atoms with Crippen molar-refractivity contribution < 1.29 is 0 Å². The highest BCUT2D eigenvalue weighted by molar-refractivity contribution is 4.90. The van der Waals surface area contributed by atoms with Gasteiger partial charge in [0.25, 0.3) is 0 Å². The van der Waals surface area contributed by atoms with Crippen molar-refractivity contribution >= 4 is 0 Å². The van der Waals surface area contributed by atoms with E-state index in [2.05, 4.69) is 51.5 Å². The molecule has 0 aromatic rings. The molecule has 0 spiro atoms. The van der Waals surface area contributed by atoms with Crippen LogP contribution in [-0.4, -0.2) is 48.6 Å². The highest BCUT2D eigenvalue weighted by Gasteiger charge is 2.34. The van der Waals surface area contributed by atoms with Gasteiger partial charge in [-0.05, 0) is 76.8 Å². The topological polar surface area (TPSA) is 6.48 Å². The Balaban J connectivity index is 1.69. The number of hydrogen-bond donors (Lipinski definition) is 0. The molecule has 1 aliphatic heterocycles. The molecular weight excluding hydrogens is 256 g/mol. The molecule has 21 heavy (non-hydrogen) atoms. The lowest BCUT2D eigenvalue weighted by Crippen LogP contribution is -2.60. The molecule has 0 aromatic carbocycles. The standard InChI is InChI=1S/C19H38N2/c1-15(2)17-7-9-19(5,10-8-17)11-12-20(6)18-13-21(14-18)16(3)4/h15-18H,7-14H2,1-6H3. The van der Waals surface area contributed by atoms with Crippen LogP contribution in [0.1, 0.15) is 66.7 Å². The van der Waals surface area contributed by atoms with Crippen molar-refractivity contribution in [3.05, 3.63) is 0 Å². The minimum Gasteiger partial charge on any atom is -0.301 e. The van der Waals surface area contributed by atoms with Crippen LogP contribution in [0.4, 0.5) is 0 Å². The molecule has 0 aromatic heterocycles. The first kappa shape index (κ1) is 17.3. The Morgan fingerprint density at radius 2 is 1.67 bits per heavy atom. The number of likely N-dealkylation sites (tertiary alicyclic amines) is 1. The summed E-state index contributed by atoms with van der Waals surface area (Å²) in [6.45, 7) is 15.8. The average Bonchev–Trinajstić information content (AvgIpc) is 2.35. The first-order valence-electron chi connectivity index (χ1n) is 9.25. The summed E-state index contributed by atoms with van der Waals surface area (Å²) in [5.41, 5.74) is 0.612. The lowest BCUT2D eigenvalue weighted by Gasteiger charge is -2.47. The van der Waals surface area contributed by atoms with Crippen LogP contribution < -0.4 is 0 Å². The van der Waals surface area contributed by atoms with Crippen LogP contribution in [0, 0.1) is 17.3 Å². The van der Waals surface area contributed by atoms with Gasteiger partial charge in [-0.1, -0.05) is 20.8 Å². The summed E-state index contributed by atoms with van der Waals surface area (Å²) in [4.78, 5) is 5.20. The zero-order valence-electron chi connectivity index (χ0n) is 15.4. The quantitative estimate of drug-likeness (QED) is 0.722. The van der Waals surface area contributed by atoms with E-state index in [1.165, 1.54) is 51.7 Å². The molecule has 2 aliphatic rings. The predicted octanol–water partition coefficient (Wildman–Crippen LogP) is 4.25. The van der Waals surface area contributed by atoms with E-state index in [0.717, 1.165) is 23.9 Å². The molecule has 1 aliphatic carbocycles. The monoisotopic (exact) mass is 294 g/mol. The van der Waals surface area contributed by atoms with E-state index in [0.29, 0.717) is 5.41 Å². The summed E-state index contributed by atoms with van der Waals surface area (Å²) in [7, 11) is 2.34. The van der Waals surface area contributed by atoms with E-state index >= 15 is 0 Å². The summed E-state index contributed by atoms with van der Waals surface area (Å²) in [6.07, 6.45) is 7.22. The van der Waals surface area contributed by atoms with Crippen LogP contribution in [0.5, 0.6) is 0 Å². The summed E-state index contributed by atoms with van der Waals surface area (Å²) in [5.74, 6) is 1.87. The first-order valence-corrected chi connectivity index (χ1v) is 9.25. The van der Waals surface area contributed by atoms with Gasteiger partial charge in [-0.3, -0.25) is 4.90 Å². The molecule has 0 amide bonds. The van der Waals surface area contributed by atoms with Crippen molar-refractivity contribution in [3.8, 4) is 0 Å². The van der Waals surface area contributed by atoms with Crippen LogP contribution in [0.3, 0.4) is 0 Å². The molecule has 0 atom stereocenters. The average molecular weight is 295 g/mol. The Kier molecular flexibility index (Phi) is 5.76. The van der Waals surface area contributed by atoms with Gasteiger partial charge in [-0.15, -0.1) is 0 Å². The van der Waals surface area contributed by atoms with Gasteiger partial charge in [-0.2, -0.15) is 0 Å². The maximum absolute atomic E-state index is 2.62. The maximum atomic E-state index is 2.62. The van der Waals surface area contributed by atoms with E-state index in [4.69, 9.17) is 0 Å². The summed E-state index contributed by atoms with van der Waals surface area (Å²) < 4.78 is 0. The molecule has 1 saturated heterocycles. The number of nitrogens with zero attached hydrogens (tertiary/aromatic N) is 2. The van der Waals surface area contributed by atoms with E-state index < -0.39 is 0 Å². The molecule has 0 unspecified atom stereocenters. The molecular formula is C19H38N2. The summed E-state index contributed by atoms with van der Waals surface area (Å²) in [6, 6.07) is 1.53. The van der Waals surface area contributed by atoms with Crippen molar-refractivity contribution in [3.63, 3.8) is 0 Å². The lowest BCUT2D eigenvalue weighted by atomic mass is 9.67. The van der Waals surface area contributed by atoms with Gasteiger partial charge in [0.15, 0.2) is 0 Å². The molecule has 2 fully saturated rings. The van der Waals surface area contributed by atoms with Crippen molar-refractivity contribution in [2.75, 3.05) is 26.7 Å². The molecule has 0 bridgehead atoms. The van der Waals surface area contributed by atoms with Gasteiger partial charge in [-0.25, -0.2) is 0 Å². The van der Waals surface area contributed by atoms with E-state index in [-0.39, 0.29) is 0 Å². The lowest BCUT2D eigenvalue weighted by molar-refractivity contribution is 0.0174. The molecule has 1 saturated carbocycles. The van der Waals surface area contributed by atoms with Gasteiger partial charge in [0.1, 0.15) is 0 Å². The minimum absolute atomic E-state index is 0.612. The zero-order chi connectivity index (χ0) is 15.6. The SMILES string of the molecule is CC(C)C1CCC(C)(CCN(C)C2CN(C(C)C)C2)CC1. The Labute approximate surface area is 133 Å². The van der Waals surface area contributed by atoms with E-state index in [1.54, 1.807) is 0 Å². The van der Waals surface area contributed by atoms with Crippen molar-refractivity contribution in [1.29, 1.82) is 0 Å². The molecule has 2 nitrogen and oxygen atoms in total. The number of hydrogen-bond acceptors (Lipinski definition) is 2. The number of rotatable bonds is 6. The Morgan fingerprint density at radius 3 is 2.14 bits per heavy atom. The third-order valence-corrected chi connectivity index (χ3v) is 6.49. The Bertz CT molecular complexity index is 310. The minimum atomic E-state index is 0.612. The fourth-order valence-corrected chi connectivity index (χ4v) is 4.07. The molecule has 0 radical (unpaired) electrons. The van der Waals surface area contributed by atoms with Crippen LogP contribution in [-0.2, 0) is 0 Å². The van der Waals surface area contributed by atoms with Gasteiger partial charge in [0.05, 0.1) is 0 Å². The second kappa shape index (κ2) is 7.00. The van der Waals surface area contributed by atoms with E-state index in [1.807, 2.05) is 0 Å². The Morgan fingerprint density at radius 1 is 1.10 bits per heavy atom. The van der Waals surface area contributed by atoms with Gasteiger partial charge < -0.3 is 4.90 Å². The highest BCUT2D eigenvalue weighted by atomic mass is 15.3. The van der Waals surface area contributed by atoms with Crippen LogP contribution in [0.15, 0.2) is 0 Å². The predicted molar refractivity (Wildman–Crippen MR) is 92.6 cm³/mol. The second-order valence-electron chi connectivity index (χ2n) is 8.82. The van der Waals surface area contributed by atoms with Crippen molar-refractivity contribution in [1.82, 2.24) is 9.80 Å². The molecule has 2 rings (SSSR count). The fourth-order valence-electron chi connectivity index (χ4n) is 4.07. The van der Waals surface area contributed by atoms with Crippen LogP contribution in [0.2, 0.25) is 0 Å².